The SMILES string of the molecule is COC(=O)CNC(=O)/C=C/c1ccc(F)c(Cl)c1. The molecule has 4 nitrogen and oxygen atoms in total. The molecular weight excluding hydrogens is 261 g/mol. The first-order valence-corrected chi connectivity index (χ1v) is 5.38. The predicted molar refractivity (Wildman–Crippen MR) is 65.5 cm³/mol. The number of ether oxygens (including phenoxy) is 1. The summed E-state index contributed by atoms with van der Waals surface area (Å²) in [5.74, 6) is -1.52. The number of hydrogen-bond acceptors (Lipinski definition) is 3. The van der Waals surface area contributed by atoms with E-state index in [2.05, 4.69) is 10.1 Å². The van der Waals surface area contributed by atoms with Crippen LogP contribution in [0.3, 0.4) is 0 Å². The molecule has 0 atom stereocenters. The molecule has 0 fully saturated rings. The summed E-state index contributed by atoms with van der Waals surface area (Å²) < 4.78 is 17.2. The van der Waals surface area contributed by atoms with E-state index in [-0.39, 0.29) is 11.6 Å². The standard InChI is InChI=1S/C12H11ClFNO3/c1-18-12(17)7-15-11(16)5-3-8-2-4-10(14)9(13)6-8/h2-6H,7H2,1H3,(H,15,16)/b5-3+. The molecule has 0 aromatic heterocycles. The lowest BCUT2D eigenvalue weighted by molar-refractivity contribution is -0.140. The Morgan fingerprint density at radius 2 is 2.22 bits per heavy atom. The van der Waals surface area contributed by atoms with Gasteiger partial charge in [0.2, 0.25) is 5.91 Å². The van der Waals surface area contributed by atoms with Crippen LogP contribution in [0.5, 0.6) is 0 Å². The van der Waals surface area contributed by atoms with Gasteiger partial charge in [-0.05, 0) is 23.8 Å². The molecule has 96 valence electrons. The van der Waals surface area contributed by atoms with Crippen LogP contribution < -0.4 is 5.32 Å². The third kappa shape index (κ3) is 4.55. The maximum Gasteiger partial charge on any atom is 0.325 e. The highest BCUT2D eigenvalue weighted by atomic mass is 35.5. The Balaban J connectivity index is 2.55. The lowest BCUT2D eigenvalue weighted by Crippen LogP contribution is -2.28. The lowest BCUT2D eigenvalue weighted by atomic mass is 10.2. The third-order valence-electron chi connectivity index (χ3n) is 2.01. The molecule has 6 heteroatoms. The molecule has 1 amide bonds. The quantitative estimate of drug-likeness (QED) is 0.671. The number of methoxy groups -OCH3 is 1. The monoisotopic (exact) mass is 271 g/mol. The van der Waals surface area contributed by atoms with E-state index in [0.29, 0.717) is 5.56 Å². The van der Waals surface area contributed by atoms with Crippen molar-refractivity contribution in [3.8, 4) is 0 Å². The second kappa shape index (κ2) is 6.76. The van der Waals surface area contributed by atoms with Crippen molar-refractivity contribution in [1.29, 1.82) is 0 Å². The highest BCUT2D eigenvalue weighted by molar-refractivity contribution is 6.30. The van der Waals surface area contributed by atoms with E-state index in [1.54, 1.807) is 0 Å². The first-order valence-electron chi connectivity index (χ1n) is 5.00. The van der Waals surface area contributed by atoms with Gasteiger partial charge in [-0.25, -0.2) is 4.39 Å². The van der Waals surface area contributed by atoms with Crippen LogP contribution in [0.1, 0.15) is 5.56 Å². The summed E-state index contributed by atoms with van der Waals surface area (Å²) in [6.45, 7) is -0.205. The summed E-state index contributed by atoms with van der Waals surface area (Å²) in [5.41, 5.74) is 0.578. The summed E-state index contributed by atoms with van der Waals surface area (Å²) >= 11 is 5.58. The van der Waals surface area contributed by atoms with E-state index in [1.807, 2.05) is 0 Å². The van der Waals surface area contributed by atoms with Crippen LogP contribution in [0, 0.1) is 5.82 Å². The molecule has 0 bridgehead atoms. The smallest absolute Gasteiger partial charge is 0.325 e. The van der Waals surface area contributed by atoms with Crippen molar-refractivity contribution in [3.05, 3.63) is 40.7 Å². The Morgan fingerprint density at radius 1 is 1.50 bits per heavy atom. The summed E-state index contributed by atoms with van der Waals surface area (Å²) in [6.07, 6.45) is 2.67. The van der Waals surface area contributed by atoms with E-state index in [9.17, 15) is 14.0 Å². The molecule has 0 unspecified atom stereocenters. The highest BCUT2D eigenvalue weighted by Crippen LogP contribution is 2.16. The molecule has 1 rings (SSSR count). The molecule has 1 N–H and O–H groups in total. The van der Waals surface area contributed by atoms with Gasteiger partial charge in [0.05, 0.1) is 12.1 Å². The largest absolute Gasteiger partial charge is 0.468 e. The number of carbonyl (C=O) groups excluding carboxylic acids is 2. The van der Waals surface area contributed by atoms with Gasteiger partial charge in [0.15, 0.2) is 0 Å². The minimum absolute atomic E-state index is 0.0212. The minimum Gasteiger partial charge on any atom is -0.468 e. The van der Waals surface area contributed by atoms with E-state index in [1.165, 1.54) is 37.5 Å². The first-order chi connectivity index (χ1) is 8.52. The second-order valence-electron chi connectivity index (χ2n) is 3.30. The van der Waals surface area contributed by atoms with Gasteiger partial charge in [-0.15, -0.1) is 0 Å². The van der Waals surface area contributed by atoms with Crippen molar-refractivity contribution in [2.75, 3.05) is 13.7 Å². The van der Waals surface area contributed by atoms with Crippen LogP contribution in [-0.4, -0.2) is 25.5 Å². The Morgan fingerprint density at radius 3 is 2.83 bits per heavy atom. The number of amides is 1. The third-order valence-corrected chi connectivity index (χ3v) is 2.30. The Hall–Kier alpha value is -1.88. The molecular formula is C12H11ClFNO3. The van der Waals surface area contributed by atoms with Gasteiger partial charge in [-0.3, -0.25) is 9.59 Å². The van der Waals surface area contributed by atoms with Gasteiger partial charge in [-0.2, -0.15) is 0 Å². The van der Waals surface area contributed by atoms with Crippen molar-refractivity contribution in [3.63, 3.8) is 0 Å². The van der Waals surface area contributed by atoms with E-state index in [0.717, 1.165) is 0 Å². The molecule has 18 heavy (non-hydrogen) atoms. The van der Waals surface area contributed by atoms with Crippen LogP contribution >= 0.6 is 11.6 Å². The van der Waals surface area contributed by atoms with Gasteiger partial charge < -0.3 is 10.1 Å². The fraction of sp³-hybridized carbons (Fsp3) is 0.167. The number of nitrogens with one attached hydrogen (secondary N) is 1. The average molecular weight is 272 g/mol. The maximum absolute atomic E-state index is 12.9. The number of rotatable bonds is 4. The summed E-state index contributed by atoms with van der Waals surface area (Å²) in [5, 5.41) is 2.30. The number of hydrogen-bond donors (Lipinski definition) is 1. The molecule has 0 saturated heterocycles. The van der Waals surface area contributed by atoms with Crippen LogP contribution in [-0.2, 0) is 14.3 Å². The molecule has 0 radical (unpaired) electrons. The van der Waals surface area contributed by atoms with Gasteiger partial charge >= 0.3 is 5.97 Å². The normalized spacial score (nSPS) is 10.4. The molecule has 1 aromatic carbocycles. The zero-order chi connectivity index (χ0) is 13.5. The molecule has 0 spiro atoms. The van der Waals surface area contributed by atoms with Crippen LogP contribution in [0.25, 0.3) is 6.08 Å². The summed E-state index contributed by atoms with van der Waals surface area (Å²) in [6, 6.07) is 4.07. The number of halogens is 2. The van der Waals surface area contributed by atoms with Crippen LogP contribution in [0.15, 0.2) is 24.3 Å². The van der Waals surface area contributed by atoms with Crippen molar-refractivity contribution in [2.45, 2.75) is 0 Å². The number of carbonyl (C=O) groups is 2. The number of benzene rings is 1. The van der Waals surface area contributed by atoms with Crippen molar-refractivity contribution >= 4 is 29.6 Å². The lowest BCUT2D eigenvalue weighted by Gasteiger charge is -2.00. The van der Waals surface area contributed by atoms with E-state index >= 15 is 0 Å². The topological polar surface area (TPSA) is 55.4 Å². The molecule has 0 aliphatic heterocycles. The van der Waals surface area contributed by atoms with Gasteiger partial charge in [0, 0.05) is 6.08 Å². The van der Waals surface area contributed by atoms with Crippen molar-refractivity contribution in [1.82, 2.24) is 5.32 Å². The summed E-state index contributed by atoms with van der Waals surface area (Å²) in [4.78, 5) is 22.0. The highest BCUT2D eigenvalue weighted by Gasteiger charge is 2.02. The van der Waals surface area contributed by atoms with E-state index in [4.69, 9.17) is 11.6 Å². The Kier molecular flexibility index (Phi) is 5.32. The Bertz CT molecular complexity index is 488. The first kappa shape index (κ1) is 14.2. The fourth-order valence-electron chi connectivity index (χ4n) is 1.08. The molecule has 0 aliphatic rings. The molecule has 0 aliphatic carbocycles. The minimum atomic E-state index is -0.540. The van der Waals surface area contributed by atoms with Crippen LogP contribution in [0.2, 0.25) is 5.02 Å². The van der Waals surface area contributed by atoms with E-state index < -0.39 is 17.7 Å². The predicted octanol–water partition coefficient (Wildman–Crippen LogP) is 1.78. The van der Waals surface area contributed by atoms with Gasteiger partial charge in [0.25, 0.3) is 0 Å². The van der Waals surface area contributed by atoms with Crippen molar-refractivity contribution < 1.29 is 18.7 Å². The summed E-state index contributed by atoms with van der Waals surface area (Å²) in [7, 11) is 1.23. The average Bonchev–Trinajstić information content (AvgIpc) is 2.37. The molecule has 1 aromatic rings. The second-order valence-corrected chi connectivity index (χ2v) is 3.71. The van der Waals surface area contributed by atoms with Crippen molar-refractivity contribution in [2.24, 2.45) is 0 Å². The Labute approximate surface area is 108 Å². The van der Waals surface area contributed by atoms with Crippen LogP contribution in [0.4, 0.5) is 4.39 Å². The fourth-order valence-corrected chi connectivity index (χ4v) is 1.27. The number of esters is 1. The van der Waals surface area contributed by atoms with Gasteiger partial charge in [0.1, 0.15) is 12.4 Å². The molecule has 0 saturated carbocycles. The van der Waals surface area contributed by atoms with Gasteiger partial charge in [-0.1, -0.05) is 17.7 Å². The zero-order valence-corrected chi connectivity index (χ0v) is 10.3. The molecule has 0 heterocycles. The zero-order valence-electron chi connectivity index (χ0n) is 9.57. The maximum atomic E-state index is 12.9.